The van der Waals surface area contributed by atoms with Crippen LogP contribution < -0.4 is 10.6 Å². The third kappa shape index (κ3) is 6.89. The van der Waals surface area contributed by atoms with Gasteiger partial charge in [0.25, 0.3) is 0 Å². The van der Waals surface area contributed by atoms with E-state index in [1.54, 1.807) is 0 Å². The van der Waals surface area contributed by atoms with Crippen LogP contribution >= 0.6 is 11.6 Å². The number of carbonyl (C=O) groups is 2. The van der Waals surface area contributed by atoms with E-state index in [-0.39, 0.29) is 23.1 Å². The molecule has 30 heavy (non-hydrogen) atoms. The molecule has 168 valence electrons. The Balaban J connectivity index is 2.36. The molecule has 0 spiro atoms. The molecule has 0 aliphatic heterocycles. The van der Waals surface area contributed by atoms with E-state index in [9.17, 15) is 22.8 Å². The number of anilines is 1. The van der Waals surface area contributed by atoms with Gasteiger partial charge in [0.2, 0.25) is 5.91 Å². The third-order valence-corrected chi connectivity index (χ3v) is 5.43. The molecule has 0 saturated heterocycles. The highest BCUT2D eigenvalue weighted by molar-refractivity contribution is 6.31. The number of nitrogens with one attached hydrogen (secondary N) is 2. The van der Waals surface area contributed by atoms with Crippen LogP contribution in [0.15, 0.2) is 18.2 Å². The van der Waals surface area contributed by atoms with Crippen molar-refractivity contribution in [1.82, 2.24) is 5.32 Å². The molecule has 0 aromatic heterocycles. The number of amides is 1. The van der Waals surface area contributed by atoms with Crippen molar-refractivity contribution in [3.05, 3.63) is 29.3 Å². The molecule has 1 fully saturated rings. The molecular weight excluding hydrogens is 417 g/mol. The van der Waals surface area contributed by atoms with E-state index in [2.05, 4.69) is 10.6 Å². The number of hydrogen-bond donors (Lipinski definition) is 2. The highest BCUT2D eigenvalue weighted by Gasteiger charge is 2.37. The van der Waals surface area contributed by atoms with Crippen molar-refractivity contribution in [3.63, 3.8) is 0 Å². The van der Waals surface area contributed by atoms with E-state index >= 15 is 0 Å². The predicted molar refractivity (Wildman–Crippen MR) is 113 cm³/mol. The summed E-state index contributed by atoms with van der Waals surface area (Å²) in [5.41, 5.74) is -1.87. The van der Waals surface area contributed by atoms with Gasteiger partial charge in [0.15, 0.2) is 5.78 Å². The molecule has 1 aliphatic rings. The van der Waals surface area contributed by atoms with Crippen LogP contribution in [0, 0.1) is 5.41 Å². The number of halogens is 4. The third-order valence-electron chi connectivity index (χ3n) is 5.18. The minimum atomic E-state index is -4.71. The largest absolute Gasteiger partial charge is 0.417 e. The molecule has 1 saturated carbocycles. The molecule has 1 amide bonds. The van der Waals surface area contributed by atoms with Gasteiger partial charge in [0, 0.05) is 11.7 Å². The lowest BCUT2D eigenvalue weighted by molar-refractivity contribution is -0.137. The zero-order chi connectivity index (χ0) is 22.5. The van der Waals surface area contributed by atoms with Crippen molar-refractivity contribution in [1.29, 1.82) is 0 Å². The second-order valence-electron chi connectivity index (χ2n) is 9.09. The standard InChI is InChI=1S/C22H30ClF3N2O2/c1-21(2,3)12-17(20(30)27-14-8-5-4-6-9-14)28-16-11-7-10-15(22(24,25)26)19(16)18(29)13-23/h7,10-11,14,17,28H,4-6,8-9,12-13H2,1-3H3,(H,27,30). The summed E-state index contributed by atoms with van der Waals surface area (Å²) in [6.45, 7) is 5.85. The monoisotopic (exact) mass is 446 g/mol. The maximum Gasteiger partial charge on any atom is 0.417 e. The summed E-state index contributed by atoms with van der Waals surface area (Å²) in [4.78, 5) is 25.3. The molecule has 1 aromatic rings. The summed E-state index contributed by atoms with van der Waals surface area (Å²) >= 11 is 5.59. The normalized spacial score (nSPS) is 16.8. The summed E-state index contributed by atoms with van der Waals surface area (Å²) in [6, 6.07) is 2.76. The van der Waals surface area contributed by atoms with Crippen LogP contribution in [0.2, 0.25) is 0 Å². The number of rotatable bonds is 7. The van der Waals surface area contributed by atoms with E-state index < -0.39 is 35.0 Å². The van der Waals surface area contributed by atoms with Gasteiger partial charge in [-0.3, -0.25) is 9.59 Å². The molecule has 4 nitrogen and oxygen atoms in total. The summed E-state index contributed by atoms with van der Waals surface area (Å²) in [5.74, 6) is -1.69. The quantitative estimate of drug-likeness (QED) is 0.411. The number of Topliss-reactive ketones (excluding diaryl/α,β-unsaturated/α-hetero) is 1. The number of ketones is 1. The summed E-state index contributed by atoms with van der Waals surface area (Å²) < 4.78 is 40.5. The second-order valence-corrected chi connectivity index (χ2v) is 9.36. The van der Waals surface area contributed by atoms with E-state index in [0.29, 0.717) is 6.42 Å². The Morgan fingerprint density at radius 2 is 1.77 bits per heavy atom. The maximum absolute atomic E-state index is 13.5. The Hall–Kier alpha value is -1.76. The molecule has 0 radical (unpaired) electrons. The van der Waals surface area contributed by atoms with Crippen molar-refractivity contribution in [3.8, 4) is 0 Å². The first-order chi connectivity index (χ1) is 13.9. The molecule has 1 unspecified atom stereocenters. The molecule has 1 aliphatic carbocycles. The Bertz CT molecular complexity index is 754. The van der Waals surface area contributed by atoms with Crippen molar-refractivity contribution in [2.75, 3.05) is 11.2 Å². The fourth-order valence-electron chi connectivity index (χ4n) is 3.83. The van der Waals surface area contributed by atoms with E-state index in [4.69, 9.17) is 11.6 Å². The minimum absolute atomic E-state index is 0.0245. The van der Waals surface area contributed by atoms with Crippen molar-refractivity contribution in [2.24, 2.45) is 5.41 Å². The maximum atomic E-state index is 13.5. The predicted octanol–water partition coefficient (Wildman–Crippen LogP) is 5.79. The lowest BCUT2D eigenvalue weighted by Gasteiger charge is -2.30. The molecule has 2 rings (SSSR count). The van der Waals surface area contributed by atoms with Gasteiger partial charge in [0.05, 0.1) is 17.0 Å². The summed E-state index contributed by atoms with van der Waals surface area (Å²) in [7, 11) is 0. The number of benzene rings is 1. The van der Waals surface area contributed by atoms with Crippen LogP contribution in [0.5, 0.6) is 0 Å². The average molecular weight is 447 g/mol. The van der Waals surface area contributed by atoms with E-state index in [0.717, 1.165) is 38.2 Å². The van der Waals surface area contributed by atoms with Crippen molar-refractivity contribution >= 4 is 29.0 Å². The highest BCUT2D eigenvalue weighted by atomic mass is 35.5. The zero-order valence-electron chi connectivity index (χ0n) is 17.7. The van der Waals surface area contributed by atoms with Crippen LogP contribution in [-0.2, 0) is 11.0 Å². The van der Waals surface area contributed by atoms with Gasteiger partial charge in [-0.15, -0.1) is 11.6 Å². The molecule has 1 atom stereocenters. The summed E-state index contributed by atoms with van der Waals surface area (Å²) in [5, 5.41) is 5.96. The zero-order valence-corrected chi connectivity index (χ0v) is 18.4. The Kier molecular flexibility index (Phi) is 8.20. The van der Waals surface area contributed by atoms with Crippen LogP contribution in [0.3, 0.4) is 0 Å². The van der Waals surface area contributed by atoms with Gasteiger partial charge in [-0.1, -0.05) is 46.1 Å². The average Bonchev–Trinajstić information content (AvgIpc) is 2.65. The Labute approximate surface area is 180 Å². The molecule has 0 bridgehead atoms. The van der Waals surface area contributed by atoms with Gasteiger partial charge in [-0.05, 0) is 36.8 Å². The van der Waals surface area contributed by atoms with Gasteiger partial charge < -0.3 is 10.6 Å². The Morgan fingerprint density at radius 1 is 1.13 bits per heavy atom. The highest BCUT2D eigenvalue weighted by Crippen LogP contribution is 2.36. The topological polar surface area (TPSA) is 58.2 Å². The van der Waals surface area contributed by atoms with Crippen LogP contribution in [0.25, 0.3) is 0 Å². The van der Waals surface area contributed by atoms with Gasteiger partial charge >= 0.3 is 6.18 Å². The minimum Gasteiger partial charge on any atom is -0.373 e. The fourth-order valence-corrected chi connectivity index (χ4v) is 3.97. The molecule has 2 N–H and O–H groups in total. The number of carbonyl (C=O) groups excluding carboxylic acids is 2. The SMILES string of the molecule is CC(C)(C)CC(Nc1cccc(C(F)(F)F)c1C(=O)CCl)C(=O)NC1CCCCC1. The van der Waals surface area contributed by atoms with Crippen LogP contribution in [-0.4, -0.2) is 29.7 Å². The van der Waals surface area contributed by atoms with Crippen LogP contribution in [0.1, 0.15) is 75.2 Å². The first-order valence-electron chi connectivity index (χ1n) is 10.3. The van der Waals surface area contributed by atoms with Crippen LogP contribution in [0.4, 0.5) is 18.9 Å². The van der Waals surface area contributed by atoms with E-state index in [1.807, 2.05) is 20.8 Å². The van der Waals surface area contributed by atoms with Gasteiger partial charge in [-0.2, -0.15) is 13.2 Å². The number of alkyl halides is 4. The van der Waals surface area contributed by atoms with Gasteiger partial charge in [0.1, 0.15) is 6.04 Å². The van der Waals surface area contributed by atoms with Gasteiger partial charge in [-0.25, -0.2) is 0 Å². The lowest BCUT2D eigenvalue weighted by atomic mass is 9.87. The first-order valence-corrected chi connectivity index (χ1v) is 10.8. The lowest BCUT2D eigenvalue weighted by Crippen LogP contribution is -2.46. The smallest absolute Gasteiger partial charge is 0.373 e. The first kappa shape index (κ1) is 24.5. The molecule has 1 aromatic carbocycles. The molecular formula is C22H30ClF3N2O2. The van der Waals surface area contributed by atoms with E-state index in [1.165, 1.54) is 12.1 Å². The molecule has 0 heterocycles. The number of hydrogen-bond acceptors (Lipinski definition) is 3. The second kappa shape index (κ2) is 10.0. The molecule has 8 heteroatoms. The summed E-state index contributed by atoms with van der Waals surface area (Å²) in [6.07, 6.45) is 0.703. The fraction of sp³-hybridized carbons (Fsp3) is 0.636. The Morgan fingerprint density at radius 3 is 2.30 bits per heavy atom. The van der Waals surface area contributed by atoms with Crippen molar-refractivity contribution in [2.45, 2.75) is 77.6 Å². The van der Waals surface area contributed by atoms with Crippen molar-refractivity contribution < 1.29 is 22.8 Å².